The highest BCUT2D eigenvalue weighted by Crippen LogP contribution is 2.20. The molecule has 3 rings (SSSR count). The number of rotatable bonds is 3. The van der Waals surface area contributed by atoms with E-state index in [1.54, 1.807) is 18.5 Å². The van der Waals surface area contributed by atoms with Crippen LogP contribution in [0.4, 0.5) is 0 Å². The minimum atomic E-state index is -1.21. The molecule has 1 aromatic rings. The Morgan fingerprint density at radius 3 is 2.29 bits per heavy atom. The molecule has 1 aromatic heterocycles. The van der Waals surface area contributed by atoms with E-state index in [1.165, 1.54) is 57.4 Å². The van der Waals surface area contributed by atoms with Gasteiger partial charge in [0, 0.05) is 18.0 Å². The van der Waals surface area contributed by atoms with Gasteiger partial charge >= 0.3 is 0 Å². The second kappa shape index (κ2) is 10.2. The third kappa shape index (κ3) is 6.40. The molecule has 2 aliphatic carbocycles. The minimum Gasteiger partial charge on any atom is -0.545 e. The highest BCUT2D eigenvalue weighted by Gasteiger charge is 2.11. The Morgan fingerprint density at radius 2 is 1.75 bits per heavy atom. The standard InChI is InChI=1S/C13H16N2O2.C6H13N/c16-13(17)11-7-4-8-14-12(11)9-15-10-5-2-1-3-6-10;7-6-4-2-1-3-5-6/h4,7-10H,1-3,5-6H2,(H,16,17);6H,1-5,7H2. The summed E-state index contributed by atoms with van der Waals surface area (Å²) >= 11 is 0. The Morgan fingerprint density at radius 1 is 1.12 bits per heavy atom. The summed E-state index contributed by atoms with van der Waals surface area (Å²) in [6.45, 7) is 0. The number of carboxylic acids is 1. The molecule has 2 saturated carbocycles. The van der Waals surface area contributed by atoms with Crippen molar-refractivity contribution in [3.05, 3.63) is 29.6 Å². The highest BCUT2D eigenvalue weighted by molar-refractivity contribution is 5.95. The molecule has 24 heavy (non-hydrogen) atoms. The molecule has 0 spiro atoms. The first kappa shape index (κ1) is 18.6. The van der Waals surface area contributed by atoms with Gasteiger partial charge in [-0.3, -0.25) is 9.98 Å². The van der Waals surface area contributed by atoms with Gasteiger partial charge in [-0.1, -0.05) is 25.7 Å². The van der Waals surface area contributed by atoms with E-state index in [0.29, 0.717) is 11.7 Å². The number of carboxylic acid groups (broad SMARTS) is 1. The van der Waals surface area contributed by atoms with E-state index in [1.807, 2.05) is 0 Å². The molecule has 3 N–H and O–H groups in total. The van der Waals surface area contributed by atoms with Gasteiger partial charge in [0.15, 0.2) is 0 Å². The molecule has 2 aliphatic rings. The van der Waals surface area contributed by atoms with Gasteiger partial charge < -0.3 is 15.6 Å². The molecule has 0 unspecified atom stereocenters. The molecule has 5 heteroatoms. The Balaban J connectivity index is 0.000000249. The van der Waals surface area contributed by atoms with Crippen LogP contribution in [0.25, 0.3) is 0 Å². The SMILES string of the molecule is O=C([O-])c1cccnc1C=NC1CCCCC1.[NH3+]C1CCCCC1. The van der Waals surface area contributed by atoms with Gasteiger partial charge in [0.1, 0.15) is 0 Å². The van der Waals surface area contributed by atoms with E-state index in [-0.39, 0.29) is 5.56 Å². The van der Waals surface area contributed by atoms with E-state index in [9.17, 15) is 9.90 Å². The van der Waals surface area contributed by atoms with Crippen LogP contribution in [0.5, 0.6) is 0 Å². The first-order valence-corrected chi connectivity index (χ1v) is 9.19. The fraction of sp³-hybridized carbons (Fsp3) is 0.632. The number of carbonyl (C=O) groups excluding carboxylic acids is 1. The predicted molar refractivity (Wildman–Crippen MR) is 92.8 cm³/mol. The van der Waals surface area contributed by atoms with Crippen molar-refractivity contribution in [2.45, 2.75) is 76.3 Å². The molecule has 0 amide bonds. The zero-order valence-electron chi connectivity index (χ0n) is 14.5. The average molecular weight is 331 g/mol. The van der Waals surface area contributed by atoms with Gasteiger partial charge in [-0.15, -0.1) is 0 Å². The maximum atomic E-state index is 10.9. The lowest BCUT2D eigenvalue weighted by Gasteiger charge is -2.17. The maximum absolute atomic E-state index is 10.9. The minimum absolute atomic E-state index is 0.104. The maximum Gasteiger partial charge on any atom is 0.0898 e. The summed E-state index contributed by atoms with van der Waals surface area (Å²) in [5, 5.41) is 10.9. The van der Waals surface area contributed by atoms with Gasteiger partial charge in [-0.05, 0) is 50.7 Å². The normalized spacial score (nSPS) is 19.7. The number of pyridine rings is 1. The molecule has 0 bridgehead atoms. The number of aliphatic imine (C=N–C) groups is 1. The summed E-state index contributed by atoms with van der Waals surface area (Å²) in [5.74, 6) is -1.21. The van der Waals surface area contributed by atoms with E-state index < -0.39 is 5.97 Å². The number of quaternary nitrogens is 1. The summed E-state index contributed by atoms with van der Waals surface area (Å²) in [5.41, 5.74) is 4.49. The van der Waals surface area contributed by atoms with Crippen LogP contribution in [0.15, 0.2) is 23.3 Å². The number of nitrogens with zero attached hydrogens (tertiary/aromatic N) is 2. The zero-order valence-corrected chi connectivity index (χ0v) is 14.5. The number of aromatic nitrogens is 1. The van der Waals surface area contributed by atoms with E-state index in [2.05, 4.69) is 15.7 Å². The smallest absolute Gasteiger partial charge is 0.0898 e. The van der Waals surface area contributed by atoms with Crippen LogP contribution in [-0.2, 0) is 0 Å². The van der Waals surface area contributed by atoms with Crippen molar-refractivity contribution in [1.82, 2.24) is 4.98 Å². The fourth-order valence-corrected chi connectivity index (χ4v) is 3.29. The number of carbonyl (C=O) groups is 1. The Labute approximate surface area is 144 Å². The van der Waals surface area contributed by atoms with Crippen molar-refractivity contribution in [2.24, 2.45) is 4.99 Å². The van der Waals surface area contributed by atoms with Crippen LogP contribution >= 0.6 is 0 Å². The Hall–Kier alpha value is -1.75. The second-order valence-corrected chi connectivity index (χ2v) is 6.80. The van der Waals surface area contributed by atoms with Crippen molar-refractivity contribution >= 4 is 12.2 Å². The lowest BCUT2D eigenvalue weighted by Crippen LogP contribution is -2.61. The largest absolute Gasteiger partial charge is 0.545 e. The van der Waals surface area contributed by atoms with Gasteiger partial charge in [0.05, 0.1) is 23.7 Å². The first-order chi connectivity index (χ1) is 11.7. The molecule has 132 valence electrons. The lowest BCUT2D eigenvalue weighted by molar-refractivity contribution is -0.425. The third-order valence-corrected chi connectivity index (χ3v) is 4.77. The summed E-state index contributed by atoms with van der Waals surface area (Å²) < 4.78 is 0. The molecule has 0 aromatic carbocycles. The summed E-state index contributed by atoms with van der Waals surface area (Å²) in [7, 11) is 0. The van der Waals surface area contributed by atoms with E-state index in [4.69, 9.17) is 0 Å². The quantitative estimate of drug-likeness (QED) is 0.855. The van der Waals surface area contributed by atoms with Crippen LogP contribution in [0, 0.1) is 0 Å². The molecular formula is C19H29N3O2. The van der Waals surface area contributed by atoms with Crippen molar-refractivity contribution < 1.29 is 15.6 Å². The molecular weight excluding hydrogens is 302 g/mol. The van der Waals surface area contributed by atoms with E-state index in [0.717, 1.165) is 18.9 Å². The number of hydrogen-bond acceptors (Lipinski definition) is 4. The molecule has 0 radical (unpaired) electrons. The second-order valence-electron chi connectivity index (χ2n) is 6.80. The van der Waals surface area contributed by atoms with Crippen molar-refractivity contribution in [1.29, 1.82) is 0 Å². The fourth-order valence-electron chi connectivity index (χ4n) is 3.29. The Kier molecular flexibility index (Phi) is 7.89. The van der Waals surface area contributed by atoms with Gasteiger partial charge in [-0.25, -0.2) is 0 Å². The van der Waals surface area contributed by atoms with Gasteiger partial charge in [0.2, 0.25) is 0 Å². The third-order valence-electron chi connectivity index (χ3n) is 4.77. The van der Waals surface area contributed by atoms with Crippen LogP contribution < -0.4 is 10.8 Å². The molecule has 5 nitrogen and oxygen atoms in total. The molecule has 0 aliphatic heterocycles. The Bertz CT molecular complexity index is 533. The summed E-state index contributed by atoms with van der Waals surface area (Å²) in [4.78, 5) is 19.3. The van der Waals surface area contributed by atoms with Crippen LogP contribution in [-0.4, -0.2) is 29.3 Å². The van der Waals surface area contributed by atoms with Crippen molar-refractivity contribution in [2.75, 3.05) is 0 Å². The molecule has 0 atom stereocenters. The van der Waals surface area contributed by atoms with E-state index >= 15 is 0 Å². The average Bonchev–Trinajstić information content (AvgIpc) is 2.62. The summed E-state index contributed by atoms with van der Waals surface area (Å²) in [6.07, 6.45) is 16.0. The topological polar surface area (TPSA) is 93.0 Å². The van der Waals surface area contributed by atoms with Crippen LogP contribution in [0.3, 0.4) is 0 Å². The van der Waals surface area contributed by atoms with Crippen LogP contribution in [0.2, 0.25) is 0 Å². The van der Waals surface area contributed by atoms with Gasteiger partial charge in [0.25, 0.3) is 0 Å². The monoisotopic (exact) mass is 331 g/mol. The molecule has 1 heterocycles. The number of aromatic carboxylic acids is 1. The van der Waals surface area contributed by atoms with Gasteiger partial charge in [-0.2, -0.15) is 0 Å². The number of hydrogen-bond donors (Lipinski definition) is 1. The van der Waals surface area contributed by atoms with Crippen LogP contribution in [0.1, 0.15) is 80.3 Å². The molecule has 0 saturated heterocycles. The zero-order chi connectivity index (χ0) is 17.2. The lowest BCUT2D eigenvalue weighted by atomic mass is 9.96. The summed E-state index contributed by atoms with van der Waals surface area (Å²) in [6, 6.07) is 4.18. The highest BCUT2D eigenvalue weighted by atomic mass is 16.4. The first-order valence-electron chi connectivity index (χ1n) is 9.19. The van der Waals surface area contributed by atoms with Crippen molar-refractivity contribution in [3.63, 3.8) is 0 Å². The predicted octanol–water partition coefficient (Wildman–Crippen LogP) is 1.76. The molecule has 2 fully saturated rings. The van der Waals surface area contributed by atoms with Crippen molar-refractivity contribution in [3.8, 4) is 0 Å².